The Morgan fingerprint density at radius 1 is 1.57 bits per heavy atom. The van der Waals surface area contributed by atoms with Gasteiger partial charge in [0.2, 0.25) is 0 Å². The maximum atomic E-state index is 12.9. The molecule has 0 spiro atoms. The fourth-order valence-corrected chi connectivity index (χ4v) is 1.21. The van der Waals surface area contributed by atoms with Gasteiger partial charge in [-0.3, -0.25) is 0 Å². The number of nitrogens with two attached hydrogens (primary N) is 1. The number of ether oxygens (including phenoxy) is 1. The Hall–Kier alpha value is -1.42. The predicted molar refractivity (Wildman–Crippen MR) is 50.3 cm³/mol. The van der Waals surface area contributed by atoms with E-state index in [-0.39, 0.29) is 11.6 Å². The molecule has 4 heteroatoms. The van der Waals surface area contributed by atoms with Crippen molar-refractivity contribution in [3.63, 3.8) is 0 Å². The average Bonchev–Trinajstić information content (AvgIpc) is 2.16. The molecule has 0 bridgehead atoms. The molecule has 76 valence electrons. The van der Waals surface area contributed by atoms with Crippen LogP contribution in [0, 0.1) is 5.82 Å². The Bertz CT molecular complexity index is 350. The molecule has 1 aromatic rings. The number of halogens is 1. The Labute approximate surface area is 81.7 Å². The first-order valence-electron chi connectivity index (χ1n) is 4.19. The molecule has 0 aliphatic carbocycles. The second-order valence-electron chi connectivity index (χ2n) is 3.01. The monoisotopic (exact) mass is 197 g/mol. The van der Waals surface area contributed by atoms with Gasteiger partial charge >= 0.3 is 5.97 Å². The summed E-state index contributed by atoms with van der Waals surface area (Å²) in [5.41, 5.74) is 6.39. The van der Waals surface area contributed by atoms with Crippen LogP contribution in [-0.4, -0.2) is 13.1 Å². The first-order valence-corrected chi connectivity index (χ1v) is 4.19. The summed E-state index contributed by atoms with van der Waals surface area (Å²) in [6, 6.07) is 3.56. The van der Waals surface area contributed by atoms with Gasteiger partial charge < -0.3 is 10.5 Å². The van der Waals surface area contributed by atoms with Crippen LogP contribution < -0.4 is 5.73 Å². The molecule has 1 atom stereocenters. The molecular formula is C10H12FNO2. The molecule has 0 unspecified atom stereocenters. The minimum atomic E-state index is -0.572. The Morgan fingerprint density at radius 2 is 2.21 bits per heavy atom. The molecular weight excluding hydrogens is 185 g/mol. The van der Waals surface area contributed by atoms with Gasteiger partial charge in [0.25, 0.3) is 0 Å². The van der Waals surface area contributed by atoms with E-state index in [1.54, 1.807) is 6.92 Å². The van der Waals surface area contributed by atoms with Crippen LogP contribution in [0.2, 0.25) is 0 Å². The SMILES string of the molecule is COC(=O)c1cc(F)ccc1[C@H](C)N. The van der Waals surface area contributed by atoms with Crippen molar-refractivity contribution in [1.29, 1.82) is 0 Å². The fraction of sp³-hybridized carbons (Fsp3) is 0.300. The molecule has 0 fully saturated rings. The summed E-state index contributed by atoms with van der Waals surface area (Å²) in [4.78, 5) is 11.2. The number of esters is 1. The van der Waals surface area contributed by atoms with Gasteiger partial charge in [-0.25, -0.2) is 9.18 Å². The zero-order valence-corrected chi connectivity index (χ0v) is 8.08. The van der Waals surface area contributed by atoms with Crippen molar-refractivity contribution in [2.45, 2.75) is 13.0 Å². The van der Waals surface area contributed by atoms with Crippen LogP contribution in [0.3, 0.4) is 0 Å². The van der Waals surface area contributed by atoms with Crippen molar-refractivity contribution in [2.75, 3.05) is 7.11 Å². The molecule has 1 rings (SSSR count). The molecule has 0 aliphatic heterocycles. The minimum Gasteiger partial charge on any atom is -0.465 e. The van der Waals surface area contributed by atoms with E-state index in [9.17, 15) is 9.18 Å². The van der Waals surface area contributed by atoms with Crippen molar-refractivity contribution in [1.82, 2.24) is 0 Å². The number of carbonyl (C=O) groups is 1. The topological polar surface area (TPSA) is 52.3 Å². The first kappa shape index (κ1) is 10.7. The molecule has 0 saturated heterocycles. The highest BCUT2D eigenvalue weighted by atomic mass is 19.1. The molecule has 0 aromatic heterocycles. The van der Waals surface area contributed by atoms with Crippen molar-refractivity contribution in [3.8, 4) is 0 Å². The average molecular weight is 197 g/mol. The summed E-state index contributed by atoms with van der Waals surface area (Å²) in [7, 11) is 1.25. The number of benzene rings is 1. The smallest absolute Gasteiger partial charge is 0.338 e. The van der Waals surface area contributed by atoms with Crippen molar-refractivity contribution in [2.24, 2.45) is 5.73 Å². The zero-order valence-electron chi connectivity index (χ0n) is 8.08. The van der Waals surface area contributed by atoms with E-state index in [1.807, 2.05) is 0 Å². The van der Waals surface area contributed by atoms with E-state index in [0.29, 0.717) is 5.56 Å². The molecule has 0 amide bonds. The lowest BCUT2D eigenvalue weighted by atomic mass is 10.0. The van der Waals surface area contributed by atoms with Crippen LogP contribution in [0.1, 0.15) is 28.9 Å². The highest BCUT2D eigenvalue weighted by Crippen LogP contribution is 2.18. The van der Waals surface area contributed by atoms with Crippen LogP contribution in [-0.2, 0) is 4.74 Å². The van der Waals surface area contributed by atoms with Crippen LogP contribution in [0.15, 0.2) is 18.2 Å². The van der Waals surface area contributed by atoms with Gasteiger partial charge in [0.05, 0.1) is 12.7 Å². The van der Waals surface area contributed by atoms with Gasteiger partial charge in [-0.1, -0.05) is 6.07 Å². The summed E-state index contributed by atoms with van der Waals surface area (Å²) in [6.07, 6.45) is 0. The number of hydrogen-bond acceptors (Lipinski definition) is 3. The van der Waals surface area contributed by atoms with E-state index in [4.69, 9.17) is 5.73 Å². The second-order valence-corrected chi connectivity index (χ2v) is 3.01. The minimum absolute atomic E-state index is 0.183. The normalized spacial score (nSPS) is 12.3. The molecule has 2 N–H and O–H groups in total. The lowest BCUT2D eigenvalue weighted by molar-refractivity contribution is 0.0598. The van der Waals surface area contributed by atoms with Crippen molar-refractivity contribution in [3.05, 3.63) is 35.1 Å². The standard InChI is InChI=1S/C10H12FNO2/c1-6(12)8-4-3-7(11)5-9(8)10(13)14-2/h3-6H,12H2,1-2H3/t6-/m0/s1. The Balaban J connectivity index is 3.22. The quantitative estimate of drug-likeness (QED) is 0.733. The van der Waals surface area contributed by atoms with Crippen LogP contribution in [0.5, 0.6) is 0 Å². The number of hydrogen-bond donors (Lipinski definition) is 1. The molecule has 0 aliphatic rings. The van der Waals surface area contributed by atoms with Crippen molar-refractivity contribution >= 4 is 5.97 Å². The van der Waals surface area contributed by atoms with Crippen LogP contribution >= 0.6 is 0 Å². The van der Waals surface area contributed by atoms with Gasteiger partial charge in [0.1, 0.15) is 5.82 Å². The predicted octanol–water partition coefficient (Wildman–Crippen LogP) is 1.63. The van der Waals surface area contributed by atoms with E-state index in [2.05, 4.69) is 4.74 Å². The summed E-state index contributed by atoms with van der Waals surface area (Å²) in [5.74, 6) is -1.05. The fourth-order valence-electron chi connectivity index (χ4n) is 1.21. The highest BCUT2D eigenvalue weighted by molar-refractivity contribution is 5.91. The Kier molecular flexibility index (Phi) is 3.19. The second kappa shape index (κ2) is 4.19. The molecule has 0 heterocycles. The third-order valence-corrected chi connectivity index (χ3v) is 1.91. The lowest BCUT2D eigenvalue weighted by Gasteiger charge is -2.10. The highest BCUT2D eigenvalue weighted by Gasteiger charge is 2.14. The summed E-state index contributed by atoms with van der Waals surface area (Å²) < 4.78 is 17.4. The molecule has 0 saturated carbocycles. The maximum absolute atomic E-state index is 12.9. The van der Waals surface area contributed by atoms with Gasteiger partial charge in [-0.15, -0.1) is 0 Å². The molecule has 14 heavy (non-hydrogen) atoms. The number of carbonyl (C=O) groups excluding carboxylic acids is 1. The van der Waals surface area contributed by atoms with Gasteiger partial charge in [-0.05, 0) is 24.6 Å². The maximum Gasteiger partial charge on any atom is 0.338 e. The summed E-state index contributed by atoms with van der Waals surface area (Å²) in [5, 5.41) is 0. The zero-order chi connectivity index (χ0) is 10.7. The summed E-state index contributed by atoms with van der Waals surface area (Å²) in [6.45, 7) is 1.72. The van der Waals surface area contributed by atoms with Crippen molar-refractivity contribution < 1.29 is 13.9 Å². The van der Waals surface area contributed by atoms with E-state index < -0.39 is 11.8 Å². The third kappa shape index (κ3) is 2.09. The van der Waals surface area contributed by atoms with E-state index >= 15 is 0 Å². The molecule has 1 aromatic carbocycles. The molecule has 3 nitrogen and oxygen atoms in total. The largest absolute Gasteiger partial charge is 0.465 e. The third-order valence-electron chi connectivity index (χ3n) is 1.91. The van der Waals surface area contributed by atoms with Gasteiger partial charge in [-0.2, -0.15) is 0 Å². The summed E-state index contributed by atoms with van der Waals surface area (Å²) >= 11 is 0. The lowest BCUT2D eigenvalue weighted by Crippen LogP contribution is -2.13. The first-order chi connectivity index (χ1) is 6.56. The number of methoxy groups -OCH3 is 1. The number of rotatable bonds is 2. The Morgan fingerprint density at radius 3 is 2.71 bits per heavy atom. The van der Waals surface area contributed by atoms with Gasteiger partial charge in [0.15, 0.2) is 0 Å². The molecule has 0 radical (unpaired) electrons. The van der Waals surface area contributed by atoms with Gasteiger partial charge in [0, 0.05) is 6.04 Å². The van der Waals surface area contributed by atoms with E-state index in [0.717, 1.165) is 6.07 Å². The van der Waals surface area contributed by atoms with Crippen LogP contribution in [0.4, 0.5) is 4.39 Å². The van der Waals surface area contributed by atoms with E-state index in [1.165, 1.54) is 19.2 Å². The van der Waals surface area contributed by atoms with Crippen LogP contribution in [0.25, 0.3) is 0 Å².